The molecule has 19 heavy (non-hydrogen) atoms. The molecule has 0 atom stereocenters. The molecule has 1 aromatic carbocycles. The first-order valence-corrected chi connectivity index (χ1v) is 7.05. The highest BCUT2D eigenvalue weighted by Crippen LogP contribution is 2.24. The quantitative estimate of drug-likeness (QED) is 0.916. The van der Waals surface area contributed by atoms with Gasteiger partial charge in [0.05, 0.1) is 5.52 Å². The second kappa shape index (κ2) is 5.57. The van der Waals surface area contributed by atoms with Crippen molar-refractivity contribution in [1.29, 1.82) is 0 Å². The van der Waals surface area contributed by atoms with Gasteiger partial charge in [0.2, 0.25) is 5.88 Å². The maximum atomic E-state index is 6.02. The fourth-order valence-corrected chi connectivity index (χ4v) is 2.75. The minimum Gasteiger partial charge on any atom is -0.474 e. The van der Waals surface area contributed by atoms with E-state index in [4.69, 9.17) is 4.74 Å². The van der Waals surface area contributed by atoms with E-state index < -0.39 is 0 Å². The normalized spacial score (nSPS) is 23.4. The first kappa shape index (κ1) is 12.4. The second-order valence-corrected chi connectivity index (χ2v) is 5.22. The molecule has 1 aromatic heterocycles. The SMILES string of the molecule is CNC1CCC(Oc2ccc3ccccc3n2)CC1. The Labute approximate surface area is 114 Å². The first-order chi connectivity index (χ1) is 9.35. The molecule has 0 amide bonds. The van der Waals surface area contributed by atoms with Crippen LogP contribution in [0, 0.1) is 0 Å². The Morgan fingerprint density at radius 2 is 1.84 bits per heavy atom. The number of hydrogen-bond donors (Lipinski definition) is 1. The lowest BCUT2D eigenvalue weighted by Gasteiger charge is -2.28. The first-order valence-electron chi connectivity index (χ1n) is 7.05. The summed E-state index contributed by atoms with van der Waals surface area (Å²) < 4.78 is 6.02. The van der Waals surface area contributed by atoms with Crippen molar-refractivity contribution in [3.8, 4) is 5.88 Å². The molecule has 1 saturated carbocycles. The van der Waals surface area contributed by atoms with E-state index >= 15 is 0 Å². The summed E-state index contributed by atoms with van der Waals surface area (Å²) in [6.07, 6.45) is 4.92. The van der Waals surface area contributed by atoms with Crippen LogP contribution < -0.4 is 10.1 Å². The molecule has 1 aliphatic rings. The average Bonchev–Trinajstić information content (AvgIpc) is 2.48. The van der Waals surface area contributed by atoms with Crippen LogP contribution in [0.5, 0.6) is 5.88 Å². The maximum Gasteiger partial charge on any atom is 0.214 e. The molecule has 100 valence electrons. The molecule has 0 saturated heterocycles. The van der Waals surface area contributed by atoms with E-state index in [0.717, 1.165) is 29.6 Å². The summed E-state index contributed by atoms with van der Waals surface area (Å²) in [6.45, 7) is 0. The Morgan fingerprint density at radius 3 is 2.63 bits per heavy atom. The molecule has 3 rings (SSSR count). The lowest BCUT2D eigenvalue weighted by molar-refractivity contribution is 0.136. The molecule has 0 spiro atoms. The van der Waals surface area contributed by atoms with Crippen LogP contribution in [0.1, 0.15) is 25.7 Å². The Hall–Kier alpha value is -1.61. The van der Waals surface area contributed by atoms with E-state index in [1.54, 1.807) is 0 Å². The van der Waals surface area contributed by atoms with Crippen LogP contribution in [0.3, 0.4) is 0 Å². The number of benzene rings is 1. The highest BCUT2D eigenvalue weighted by atomic mass is 16.5. The zero-order valence-corrected chi connectivity index (χ0v) is 11.3. The van der Waals surface area contributed by atoms with Crippen molar-refractivity contribution in [3.63, 3.8) is 0 Å². The summed E-state index contributed by atoms with van der Waals surface area (Å²) in [5.74, 6) is 0.756. The number of rotatable bonds is 3. The van der Waals surface area contributed by atoms with Crippen LogP contribution in [0.15, 0.2) is 36.4 Å². The number of hydrogen-bond acceptors (Lipinski definition) is 3. The molecule has 3 nitrogen and oxygen atoms in total. The van der Waals surface area contributed by atoms with Gasteiger partial charge in [-0.2, -0.15) is 0 Å². The van der Waals surface area contributed by atoms with Gasteiger partial charge in [0.1, 0.15) is 6.10 Å². The third-order valence-electron chi connectivity index (χ3n) is 3.94. The molecule has 1 aliphatic carbocycles. The lowest BCUT2D eigenvalue weighted by atomic mass is 9.93. The average molecular weight is 256 g/mol. The van der Waals surface area contributed by atoms with E-state index in [1.165, 1.54) is 12.8 Å². The molecule has 0 radical (unpaired) electrons. The molecule has 0 bridgehead atoms. The molecule has 0 unspecified atom stereocenters. The topological polar surface area (TPSA) is 34.1 Å². The van der Waals surface area contributed by atoms with Gasteiger partial charge in [0.15, 0.2) is 0 Å². The van der Waals surface area contributed by atoms with Crippen molar-refractivity contribution >= 4 is 10.9 Å². The lowest BCUT2D eigenvalue weighted by Crippen LogP contribution is -2.34. The number of nitrogens with zero attached hydrogens (tertiary/aromatic N) is 1. The van der Waals surface area contributed by atoms with Crippen LogP contribution >= 0.6 is 0 Å². The van der Waals surface area contributed by atoms with Crippen molar-refractivity contribution < 1.29 is 4.74 Å². The number of nitrogens with one attached hydrogen (secondary N) is 1. The minimum absolute atomic E-state index is 0.318. The maximum absolute atomic E-state index is 6.02. The summed E-state index contributed by atoms with van der Waals surface area (Å²) in [5.41, 5.74) is 1.00. The van der Waals surface area contributed by atoms with Gasteiger partial charge in [0.25, 0.3) is 0 Å². The minimum atomic E-state index is 0.318. The fraction of sp³-hybridized carbons (Fsp3) is 0.438. The molecule has 1 N–H and O–H groups in total. The Balaban J connectivity index is 1.68. The van der Waals surface area contributed by atoms with Crippen molar-refractivity contribution in [2.45, 2.75) is 37.8 Å². The van der Waals surface area contributed by atoms with E-state index in [-0.39, 0.29) is 0 Å². The van der Waals surface area contributed by atoms with E-state index in [0.29, 0.717) is 12.1 Å². The summed E-state index contributed by atoms with van der Waals surface area (Å²) in [6, 6.07) is 12.9. The van der Waals surface area contributed by atoms with Crippen LogP contribution in [-0.2, 0) is 0 Å². The predicted molar refractivity (Wildman–Crippen MR) is 77.5 cm³/mol. The fourth-order valence-electron chi connectivity index (χ4n) is 2.75. The van der Waals surface area contributed by atoms with Crippen LogP contribution in [-0.4, -0.2) is 24.2 Å². The monoisotopic (exact) mass is 256 g/mol. The zero-order valence-electron chi connectivity index (χ0n) is 11.3. The Morgan fingerprint density at radius 1 is 1.05 bits per heavy atom. The highest BCUT2D eigenvalue weighted by Gasteiger charge is 2.21. The molecule has 1 fully saturated rings. The smallest absolute Gasteiger partial charge is 0.214 e. The van der Waals surface area contributed by atoms with Gasteiger partial charge < -0.3 is 10.1 Å². The van der Waals surface area contributed by atoms with E-state index in [9.17, 15) is 0 Å². The van der Waals surface area contributed by atoms with Gasteiger partial charge in [-0.25, -0.2) is 4.98 Å². The van der Waals surface area contributed by atoms with Gasteiger partial charge in [-0.1, -0.05) is 18.2 Å². The van der Waals surface area contributed by atoms with Crippen molar-refractivity contribution in [3.05, 3.63) is 36.4 Å². The molecule has 0 aliphatic heterocycles. The predicted octanol–water partition coefficient (Wildman–Crippen LogP) is 3.14. The Kier molecular flexibility index (Phi) is 3.65. The summed E-state index contributed by atoms with van der Waals surface area (Å²) in [7, 11) is 2.04. The molecular formula is C16H20N2O. The van der Waals surface area contributed by atoms with Crippen molar-refractivity contribution in [2.75, 3.05) is 7.05 Å². The zero-order chi connectivity index (χ0) is 13.1. The standard InChI is InChI=1S/C16H20N2O/c1-17-13-7-9-14(10-8-13)19-16-11-6-12-4-2-3-5-15(12)18-16/h2-6,11,13-14,17H,7-10H2,1H3. The number of aromatic nitrogens is 1. The van der Waals surface area contributed by atoms with Crippen LogP contribution in [0.4, 0.5) is 0 Å². The van der Waals surface area contributed by atoms with Gasteiger partial charge >= 0.3 is 0 Å². The Bertz CT molecular complexity index is 547. The number of ether oxygens (including phenoxy) is 1. The third kappa shape index (κ3) is 2.87. The van der Waals surface area contributed by atoms with Crippen molar-refractivity contribution in [1.82, 2.24) is 10.3 Å². The van der Waals surface area contributed by atoms with Gasteiger partial charge in [-0.15, -0.1) is 0 Å². The molecule has 2 aromatic rings. The molecule has 1 heterocycles. The molecule has 3 heteroatoms. The summed E-state index contributed by atoms with van der Waals surface area (Å²) in [5, 5.41) is 4.50. The van der Waals surface area contributed by atoms with Gasteiger partial charge in [-0.05, 0) is 44.9 Å². The van der Waals surface area contributed by atoms with Crippen LogP contribution in [0.2, 0.25) is 0 Å². The van der Waals surface area contributed by atoms with Gasteiger partial charge in [-0.3, -0.25) is 0 Å². The third-order valence-corrected chi connectivity index (χ3v) is 3.94. The van der Waals surface area contributed by atoms with Gasteiger partial charge in [0, 0.05) is 17.5 Å². The second-order valence-electron chi connectivity index (χ2n) is 5.22. The highest BCUT2D eigenvalue weighted by molar-refractivity contribution is 5.78. The van der Waals surface area contributed by atoms with Crippen molar-refractivity contribution in [2.24, 2.45) is 0 Å². The van der Waals surface area contributed by atoms with Crippen LogP contribution in [0.25, 0.3) is 10.9 Å². The largest absolute Gasteiger partial charge is 0.474 e. The molecular weight excluding hydrogens is 236 g/mol. The van der Waals surface area contributed by atoms with E-state index in [1.807, 2.05) is 31.3 Å². The number of pyridine rings is 1. The number of fused-ring (bicyclic) bond motifs is 1. The summed E-state index contributed by atoms with van der Waals surface area (Å²) in [4.78, 5) is 4.57. The number of para-hydroxylation sites is 1. The summed E-state index contributed by atoms with van der Waals surface area (Å²) >= 11 is 0. The van der Waals surface area contributed by atoms with E-state index in [2.05, 4.69) is 22.4 Å².